The van der Waals surface area contributed by atoms with Crippen LogP contribution in [0.5, 0.6) is 0 Å². The topological polar surface area (TPSA) is 78.0 Å². The van der Waals surface area contributed by atoms with Crippen molar-refractivity contribution >= 4 is 29.9 Å². The van der Waals surface area contributed by atoms with Gasteiger partial charge in [-0.2, -0.15) is 10.4 Å². The van der Waals surface area contributed by atoms with Crippen molar-refractivity contribution in [3.05, 3.63) is 52.6 Å². The van der Waals surface area contributed by atoms with Crippen LogP contribution in [0.25, 0.3) is 0 Å². The van der Waals surface area contributed by atoms with E-state index >= 15 is 0 Å². The molecule has 0 atom stereocenters. The molecule has 0 saturated heterocycles. The first-order valence-corrected chi connectivity index (χ1v) is 8.75. The summed E-state index contributed by atoms with van der Waals surface area (Å²) in [5, 5.41) is 19.6. The Hall–Kier alpha value is -2.15. The summed E-state index contributed by atoms with van der Waals surface area (Å²) in [4.78, 5) is 4.42. The zero-order valence-corrected chi connectivity index (χ0v) is 18.3. The number of aliphatic imine (C=N–C) groups is 1. The lowest BCUT2D eigenvalue weighted by Gasteiger charge is -2.12. The number of rotatable bonds is 7. The molecule has 2 aromatic rings. The molecule has 0 spiro atoms. The number of nitrogens with zero attached hydrogens (tertiary/aromatic N) is 4. The van der Waals surface area contributed by atoms with E-state index in [1.54, 1.807) is 12.1 Å². The van der Waals surface area contributed by atoms with Crippen LogP contribution in [0.3, 0.4) is 0 Å². The molecular weight excluding hydrogens is 458 g/mol. The second-order valence-electron chi connectivity index (χ2n) is 6.04. The van der Waals surface area contributed by atoms with E-state index in [-0.39, 0.29) is 30.5 Å². The molecule has 2 N–H and O–H groups in total. The number of aryl methyl sites for hydroxylation is 3. The highest BCUT2D eigenvalue weighted by molar-refractivity contribution is 14.0. The maximum absolute atomic E-state index is 13.9. The molecule has 0 aliphatic heterocycles. The predicted molar refractivity (Wildman–Crippen MR) is 116 cm³/mol. The largest absolute Gasteiger partial charge is 0.357 e. The smallest absolute Gasteiger partial charge is 0.191 e. The van der Waals surface area contributed by atoms with Gasteiger partial charge in [0.05, 0.1) is 23.9 Å². The van der Waals surface area contributed by atoms with Gasteiger partial charge in [-0.1, -0.05) is 6.07 Å². The van der Waals surface area contributed by atoms with E-state index in [4.69, 9.17) is 5.26 Å². The summed E-state index contributed by atoms with van der Waals surface area (Å²) < 4.78 is 15.9. The third kappa shape index (κ3) is 7.17. The molecule has 0 aliphatic carbocycles. The Morgan fingerprint density at radius 3 is 2.67 bits per heavy atom. The maximum Gasteiger partial charge on any atom is 0.191 e. The molecule has 6 nitrogen and oxygen atoms in total. The van der Waals surface area contributed by atoms with E-state index in [1.165, 1.54) is 6.07 Å². The van der Waals surface area contributed by atoms with Gasteiger partial charge in [-0.05, 0) is 45.4 Å². The minimum Gasteiger partial charge on any atom is -0.357 e. The first kappa shape index (κ1) is 22.9. The minimum atomic E-state index is -0.409. The number of nitrogens with one attached hydrogen (secondary N) is 2. The molecule has 0 fully saturated rings. The van der Waals surface area contributed by atoms with E-state index in [9.17, 15) is 4.39 Å². The summed E-state index contributed by atoms with van der Waals surface area (Å²) >= 11 is 0. The van der Waals surface area contributed by atoms with Gasteiger partial charge < -0.3 is 10.6 Å². The normalized spacial score (nSPS) is 10.9. The van der Waals surface area contributed by atoms with Crippen molar-refractivity contribution < 1.29 is 4.39 Å². The van der Waals surface area contributed by atoms with Crippen LogP contribution in [-0.2, 0) is 13.1 Å². The van der Waals surface area contributed by atoms with Gasteiger partial charge in [-0.3, -0.25) is 4.68 Å². The lowest BCUT2D eigenvalue weighted by Crippen LogP contribution is -2.38. The lowest BCUT2D eigenvalue weighted by molar-refractivity contribution is 0.555. The lowest BCUT2D eigenvalue weighted by atomic mass is 10.1. The molecule has 0 amide bonds. The van der Waals surface area contributed by atoms with Gasteiger partial charge in [0.25, 0.3) is 0 Å². The fraction of sp³-hybridized carbons (Fsp3) is 0.421. The zero-order valence-electron chi connectivity index (χ0n) is 15.9. The Balaban J connectivity index is 0.00000364. The van der Waals surface area contributed by atoms with Crippen LogP contribution >= 0.6 is 24.0 Å². The Labute approximate surface area is 176 Å². The molecule has 8 heteroatoms. The highest BCUT2D eigenvalue weighted by atomic mass is 127. The number of hydrogen-bond donors (Lipinski definition) is 2. The maximum atomic E-state index is 13.9. The summed E-state index contributed by atoms with van der Waals surface area (Å²) in [5.74, 6) is 0.234. The van der Waals surface area contributed by atoms with Crippen molar-refractivity contribution in [3.8, 4) is 6.07 Å². The number of guanidine groups is 1. The molecule has 0 aliphatic rings. The number of benzene rings is 1. The fourth-order valence-corrected chi connectivity index (χ4v) is 2.59. The minimum absolute atomic E-state index is 0. The van der Waals surface area contributed by atoms with Crippen molar-refractivity contribution in [2.24, 2.45) is 4.99 Å². The van der Waals surface area contributed by atoms with Crippen molar-refractivity contribution in [2.75, 3.05) is 13.1 Å². The van der Waals surface area contributed by atoms with Crippen molar-refractivity contribution in [2.45, 2.75) is 40.3 Å². The van der Waals surface area contributed by atoms with Crippen LogP contribution in [0.15, 0.2) is 29.3 Å². The van der Waals surface area contributed by atoms with Gasteiger partial charge in [0.1, 0.15) is 5.82 Å². The van der Waals surface area contributed by atoms with Gasteiger partial charge in [-0.15, -0.1) is 24.0 Å². The average molecular weight is 484 g/mol. The van der Waals surface area contributed by atoms with Gasteiger partial charge in [0.15, 0.2) is 5.96 Å². The molecule has 0 bridgehead atoms. The standard InChI is InChI=1S/C19H25FN6.HI/c1-4-22-19(23-8-5-9-26-15(3)10-14(2)25-26)24-13-17-7-6-16(12-21)11-18(17)20;/h6-7,10-11H,4-5,8-9,13H2,1-3H3,(H2,22,23,24);1H. The van der Waals surface area contributed by atoms with Crippen molar-refractivity contribution in [1.82, 2.24) is 20.4 Å². The first-order chi connectivity index (χ1) is 12.5. The van der Waals surface area contributed by atoms with Crippen LogP contribution < -0.4 is 10.6 Å². The number of hydrogen-bond acceptors (Lipinski definition) is 3. The highest BCUT2D eigenvalue weighted by Gasteiger charge is 2.05. The highest BCUT2D eigenvalue weighted by Crippen LogP contribution is 2.11. The Kier molecular flexibility index (Phi) is 9.78. The van der Waals surface area contributed by atoms with Gasteiger partial charge in [-0.25, -0.2) is 9.38 Å². The summed E-state index contributed by atoms with van der Waals surface area (Å²) in [6.45, 7) is 8.51. The molecule has 0 saturated carbocycles. The molecule has 2 rings (SSSR count). The second-order valence-corrected chi connectivity index (χ2v) is 6.04. The number of nitriles is 1. The Morgan fingerprint density at radius 2 is 2.07 bits per heavy atom. The van der Waals surface area contributed by atoms with Gasteiger partial charge in [0, 0.05) is 30.9 Å². The van der Waals surface area contributed by atoms with Crippen molar-refractivity contribution in [1.29, 1.82) is 5.26 Å². The fourth-order valence-electron chi connectivity index (χ4n) is 2.59. The molecule has 0 radical (unpaired) electrons. The van der Waals surface area contributed by atoms with Crippen LogP contribution in [0.1, 0.15) is 35.9 Å². The average Bonchev–Trinajstić information content (AvgIpc) is 2.94. The van der Waals surface area contributed by atoms with Gasteiger partial charge in [0.2, 0.25) is 0 Å². The molecular formula is C19H26FIN6. The summed E-state index contributed by atoms with van der Waals surface area (Å²) in [6, 6.07) is 8.42. The molecule has 146 valence electrons. The Morgan fingerprint density at radius 1 is 1.30 bits per heavy atom. The first-order valence-electron chi connectivity index (χ1n) is 8.75. The van der Waals surface area contributed by atoms with Gasteiger partial charge >= 0.3 is 0 Å². The third-order valence-electron chi connectivity index (χ3n) is 3.88. The quantitative estimate of drug-likeness (QED) is 0.274. The van der Waals surface area contributed by atoms with Crippen molar-refractivity contribution in [3.63, 3.8) is 0 Å². The summed E-state index contributed by atoms with van der Waals surface area (Å²) in [5.41, 5.74) is 2.95. The van der Waals surface area contributed by atoms with Crippen LogP contribution in [0.4, 0.5) is 4.39 Å². The van der Waals surface area contributed by atoms with E-state index in [2.05, 4.69) is 26.8 Å². The molecule has 1 aromatic heterocycles. The predicted octanol–water partition coefficient (Wildman–Crippen LogP) is 3.27. The second kappa shape index (κ2) is 11.5. The monoisotopic (exact) mass is 484 g/mol. The zero-order chi connectivity index (χ0) is 18.9. The molecule has 27 heavy (non-hydrogen) atoms. The summed E-state index contributed by atoms with van der Waals surface area (Å²) in [6.07, 6.45) is 0.900. The van der Waals surface area contributed by atoms with E-state index in [0.717, 1.165) is 37.4 Å². The van der Waals surface area contributed by atoms with E-state index in [0.29, 0.717) is 17.1 Å². The van der Waals surface area contributed by atoms with Crippen LogP contribution in [0.2, 0.25) is 0 Å². The molecule has 1 aromatic carbocycles. The number of halogens is 2. The number of aromatic nitrogens is 2. The molecule has 1 heterocycles. The van der Waals surface area contributed by atoms with E-state index in [1.807, 2.05) is 31.5 Å². The Bertz CT molecular complexity index is 809. The van der Waals surface area contributed by atoms with Crippen LogP contribution in [0, 0.1) is 31.0 Å². The van der Waals surface area contributed by atoms with E-state index < -0.39 is 5.82 Å². The molecule has 0 unspecified atom stereocenters. The summed E-state index contributed by atoms with van der Waals surface area (Å²) in [7, 11) is 0. The SMILES string of the molecule is CCNC(=NCc1ccc(C#N)cc1F)NCCCn1nc(C)cc1C.I. The van der Waals surface area contributed by atoms with Crippen LogP contribution in [-0.4, -0.2) is 28.8 Å². The third-order valence-corrected chi connectivity index (χ3v) is 3.88.